The fraction of sp³-hybridized carbons (Fsp3) is 0.717. The molecule has 19 N–H and O–H groups in total. The number of aliphatic carboxylic acids is 1. The molecule has 0 saturated carbocycles. The van der Waals surface area contributed by atoms with Crippen molar-refractivity contribution >= 4 is 53.2 Å². The Hall–Kier alpha value is -6.11. The highest BCUT2D eigenvalue weighted by atomic mass is 16.4. The van der Waals surface area contributed by atoms with Crippen molar-refractivity contribution in [2.45, 2.75) is 197 Å². The van der Waals surface area contributed by atoms with Gasteiger partial charge in [0.1, 0.15) is 60.4 Å². The molecule has 3 heterocycles. The van der Waals surface area contributed by atoms with Crippen molar-refractivity contribution in [2.24, 2.45) is 23.3 Å². The third-order valence-corrected chi connectivity index (χ3v) is 14.6. The first-order valence-corrected chi connectivity index (χ1v) is 27.8. The van der Waals surface area contributed by atoms with E-state index >= 15 is 0 Å². The summed E-state index contributed by atoms with van der Waals surface area (Å²) in [6.07, 6.45) is -6.80. The zero-order valence-electron chi connectivity index (χ0n) is 46.7. The number of aliphatic hydroxyl groups is 7. The number of phenolic OH excluding ortho intramolecular Hbond substituents is 1. The molecule has 4 rings (SSSR count). The number of amides is 8. The molecule has 0 aromatic heterocycles. The maximum atomic E-state index is 14.6. The molecular formula is C53H88N10O18. The number of rotatable bonds is 23. The van der Waals surface area contributed by atoms with E-state index in [1.165, 1.54) is 18.6 Å². The van der Waals surface area contributed by atoms with E-state index in [0.29, 0.717) is 24.7 Å². The van der Waals surface area contributed by atoms with Gasteiger partial charge in [0.25, 0.3) is 5.97 Å². The van der Waals surface area contributed by atoms with Gasteiger partial charge in [-0.3, -0.25) is 48.5 Å². The second-order valence-electron chi connectivity index (χ2n) is 21.4. The quantitative estimate of drug-likeness (QED) is 0.0463. The van der Waals surface area contributed by atoms with Crippen LogP contribution in [0.5, 0.6) is 5.75 Å². The SMILES string of the molecule is CC(=O)O.CC[C@H](C)C[C@H](C)CCCCCCCCC(=O)N[C@H]1C[C@@H](O)[C@@H](NCCN)NC(=O)[C@@H]2[C@@H](O)CCN2C(=O)[C@H]([C@H](O)CC(N)=O)NC(=O)[C@H]([C@H](O)[C@@H](O)c2ccc(O)cc2)NC(=O)[C@@H]2C[C@@H](O)CN2C(=O)[C@H](CO)NC1=O. The summed E-state index contributed by atoms with van der Waals surface area (Å²) in [6.45, 7) is 5.60. The van der Waals surface area contributed by atoms with Crippen LogP contribution >= 0.6 is 0 Å². The summed E-state index contributed by atoms with van der Waals surface area (Å²) < 4.78 is 0. The molecule has 1 aromatic carbocycles. The smallest absolute Gasteiger partial charge is 0.300 e. The van der Waals surface area contributed by atoms with Crippen molar-refractivity contribution in [1.29, 1.82) is 0 Å². The molecule has 0 bridgehead atoms. The van der Waals surface area contributed by atoms with E-state index in [1.54, 1.807) is 0 Å². The number of fused-ring (bicyclic) bond motifs is 2. The van der Waals surface area contributed by atoms with Crippen molar-refractivity contribution in [2.75, 3.05) is 32.8 Å². The number of nitrogens with two attached hydrogens (primary N) is 2. The van der Waals surface area contributed by atoms with E-state index in [0.717, 1.165) is 67.4 Å². The molecule has 458 valence electrons. The van der Waals surface area contributed by atoms with Crippen LogP contribution in [0.4, 0.5) is 0 Å². The maximum Gasteiger partial charge on any atom is 0.300 e. The first kappa shape index (κ1) is 69.2. The van der Waals surface area contributed by atoms with Gasteiger partial charge in [0.15, 0.2) is 0 Å². The van der Waals surface area contributed by atoms with E-state index in [9.17, 15) is 79.2 Å². The van der Waals surface area contributed by atoms with Crippen molar-refractivity contribution in [3.05, 3.63) is 29.8 Å². The summed E-state index contributed by atoms with van der Waals surface area (Å²) in [6, 6.07) is -7.00. The molecule has 28 heteroatoms. The van der Waals surface area contributed by atoms with Gasteiger partial charge in [-0.15, -0.1) is 0 Å². The molecule has 3 aliphatic heterocycles. The van der Waals surface area contributed by atoms with Gasteiger partial charge >= 0.3 is 0 Å². The number of phenols is 1. The number of unbranched alkanes of at least 4 members (excludes halogenated alkanes) is 5. The lowest BCUT2D eigenvalue weighted by Gasteiger charge is -2.35. The zero-order valence-corrected chi connectivity index (χ0v) is 46.7. The van der Waals surface area contributed by atoms with Crippen molar-refractivity contribution in [3.8, 4) is 5.75 Å². The number of carboxylic acid groups (broad SMARTS) is 1. The van der Waals surface area contributed by atoms with Gasteiger partial charge in [-0.25, -0.2) is 0 Å². The fourth-order valence-corrected chi connectivity index (χ4v) is 10.1. The van der Waals surface area contributed by atoms with E-state index in [-0.39, 0.29) is 37.2 Å². The number of carbonyl (C=O) groups excluding carboxylic acids is 8. The predicted molar refractivity (Wildman–Crippen MR) is 289 cm³/mol. The van der Waals surface area contributed by atoms with Crippen LogP contribution in [0.1, 0.15) is 129 Å². The van der Waals surface area contributed by atoms with Crippen molar-refractivity contribution < 1.29 is 89.1 Å². The Balaban J connectivity index is 0.00000416. The van der Waals surface area contributed by atoms with Gasteiger partial charge in [-0.05, 0) is 48.8 Å². The van der Waals surface area contributed by atoms with Gasteiger partial charge in [-0.1, -0.05) is 77.8 Å². The van der Waals surface area contributed by atoms with Gasteiger partial charge < -0.3 is 93.8 Å². The first-order chi connectivity index (χ1) is 38.2. The van der Waals surface area contributed by atoms with Crippen LogP contribution < -0.4 is 43.4 Å². The van der Waals surface area contributed by atoms with Gasteiger partial charge in [0.05, 0.1) is 37.4 Å². The largest absolute Gasteiger partial charge is 0.508 e. The molecule has 0 unspecified atom stereocenters. The number of carboxylic acids is 1. The Labute approximate surface area is 471 Å². The molecule has 81 heavy (non-hydrogen) atoms. The molecule has 0 radical (unpaired) electrons. The minimum absolute atomic E-state index is 0.0419. The second-order valence-corrected chi connectivity index (χ2v) is 21.4. The highest BCUT2D eigenvalue weighted by Gasteiger charge is 2.49. The summed E-state index contributed by atoms with van der Waals surface area (Å²) in [5.41, 5.74) is 11.0. The standard InChI is InChI=1S/C51H84N10O16.C2H4O2/c1-4-27(2)21-28(3)11-9-7-5-6-8-10-12-39(69)55-32-23-37(67)45(54-19-18-52)59-49(75)42-35(65)17-20-60(42)51(77)40(36(66)24-38(53)68)57-48(74)41(44(71)43(70)29-13-15-30(63)16-14-29)58-47(73)34-22-31(64)25-61(34)50(76)33(26-62)56-46(32)72;1-2(3)4/h13-16,27-28,31-37,40-45,54,62-67,70-71H,4-12,17-26,52H2,1-3H3,(H2,53,68)(H,55,69)(H,56,72)(H,57,74)(H,58,73)(H,59,75);1H3,(H,3,4)/t27-,28+,31+,32-,33-,34-,35-,36+,37+,40-,41-,42-,43-,44-,45-;/m0./s1. The summed E-state index contributed by atoms with van der Waals surface area (Å²) in [4.78, 5) is 122. The zero-order chi connectivity index (χ0) is 60.7. The van der Waals surface area contributed by atoms with E-state index in [1.807, 2.05) is 0 Å². The van der Waals surface area contributed by atoms with Crippen LogP contribution in [0.3, 0.4) is 0 Å². The van der Waals surface area contributed by atoms with E-state index in [4.69, 9.17) is 21.4 Å². The van der Waals surface area contributed by atoms with Gasteiger partial charge in [0, 0.05) is 52.4 Å². The topological polar surface area (TPSA) is 466 Å². The third-order valence-electron chi connectivity index (χ3n) is 14.6. The van der Waals surface area contributed by atoms with E-state index < -0.39 is 171 Å². The second kappa shape index (κ2) is 34.4. The molecule has 0 aliphatic carbocycles. The average Bonchev–Trinajstić information content (AvgIpc) is 4.06. The van der Waals surface area contributed by atoms with Crippen molar-refractivity contribution in [3.63, 3.8) is 0 Å². The summed E-state index contributed by atoms with van der Waals surface area (Å²) in [5, 5.41) is 111. The molecule has 0 spiro atoms. The Morgan fingerprint density at radius 3 is 2.00 bits per heavy atom. The number of benzene rings is 1. The van der Waals surface area contributed by atoms with Crippen LogP contribution in [0.2, 0.25) is 0 Å². The number of hydrogen-bond acceptors (Lipinski definition) is 19. The van der Waals surface area contributed by atoms with Gasteiger partial charge in [0.2, 0.25) is 47.3 Å². The Bertz CT molecular complexity index is 2230. The lowest BCUT2D eigenvalue weighted by atomic mass is 9.91. The van der Waals surface area contributed by atoms with Crippen LogP contribution in [0.15, 0.2) is 24.3 Å². The number of nitrogens with one attached hydrogen (secondary N) is 6. The van der Waals surface area contributed by atoms with E-state index in [2.05, 4.69) is 52.7 Å². The van der Waals surface area contributed by atoms with Crippen LogP contribution in [0.25, 0.3) is 0 Å². The molecular weight excluding hydrogens is 1060 g/mol. The maximum absolute atomic E-state index is 14.6. The molecule has 3 saturated heterocycles. The molecule has 28 nitrogen and oxygen atoms in total. The fourth-order valence-electron chi connectivity index (χ4n) is 10.1. The number of primary amides is 1. The summed E-state index contributed by atoms with van der Waals surface area (Å²) in [5.74, 6) is -8.93. The number of nitrogens with zero attached hydrogens (tertiary/aromatic N) is 2. The molecule has 8 amide bonds. The van der Waals surface area contributed by atoms with Crippen LogP contribution in [0, 0.1) is 11.8 Å². The minimum atomic E-state index is -2.35. The number of hydrogen-bond donors (Lipinski definition) is 17. The summed E-state index contributed by atoms with van der Waals surface area (Å²) >= 11 is 0. The molecule has 1 aromatic rings. The van der Waals surface area contributed by atoms with Crippen LogP contribution in [-0.2, 0) is 43.2 Å². The lowest BCUT2D eigenvalue weighted by Crippen LogP contribution is -2.65. The Morgan fingerprint density at radius 2 is 1.40 bits per heavy atom. The highest BCUT2D eigenvalue weighted by Crippen LogP contribution is 2.26. The number of carbonyl (C=O) groups is 9. The monoisotopic (exact) mass is 1150 g/mol. The third kappa shape index (κ3) is 22.0. The molecule has 3 aliphatic rings. The number of aromatic hydroxyl groups is 1. The summed E-state index contributed by atoms with van der Waals surface area (Å²) in [7, 11) is 0. The number of aliphatic hydroxyl groups excluding tert-OH is 7. The lowest BCUT2D eigenvalue weighted by molar-refractivity contribution is -0.148. The van der Waals surface area contributed by atoms with Crippen molar-refractivity contribution in [1.82, 2.24) is 41.7 Å². The Morgan fingerprint density at radius 1 is 0.778 bits per heavy atom. The molecule has 3 fully saturated rings. The molecule has 15 atom stereocenters. The minimum Gasteiger partial charge on any atom is -0.508 e. The highest BCUT2D eigenvalue weighted by molar-refractivity contribution is 5.98. The average molecular weight is 1150 g/mol. The van der Waals surface area contributed by atoms with Gasteiger partial charge in [-0.2, -0.15) is 0 Å². The predicted octanol–water partition coefficient (Wildman–Crippen LogP) is -4.08. The van der Waals surface area contributed by atoms with Crippen LogP contribution in [-0.4, -0.2) is 215 Å². The Kier molecular flexibility index (Phi) is 29.3. The first-order valence-electron chi connectivity index (χ1n) is 27.8. The normalized spacial score (nSPS) is 27.1.